The van der Waals surface area contributed by atoms with Gasteiger partial charge in [0.15, 0.2) is 17.4 Å². The molecule has 0 aliphatic carbocycles. The van der Waals surface area contributed by atoms with Gasteiger partial charge in [-0.05, 0) is 31.7 Å². The summed E-state index contributed by atoms with van der Waals surface area (Å²) in [6.07, 6.45) is 0. The molecule has 0 spiro atoms. The molecule has 20 heavy (non-hydrogen) atoms. The van der Waals surface area contributed by atoms with Gasteiger partial charge in [0.05, 0.1) is 6.04 Å². The summed E-state index contributed by atoms with van der Waals surface area (Å²) in [4.78, 5) is 0. The Labute approximate surface area is 117 Å². The van der Waals surface area contributed by atoms with E-state index in [1.54, 1.807) is 7.05 Å². The standard InChI is InChI=1S/C16H17F2NO/c1-11-6-8-12(9-7-11)15(19-2)10-20-16-13(17)4-3-5-14(16)18/h3-9,15,19H,10H2,1-2H3. The number of hydrogen-bond acceptors (Lipinski definition) is 2. The molecule has 4 heteroatoms. The first-order valence-electron chi connectivity index (χ1n) is 6.42. The minimum Gasteiger partial charge on any atom is -0.486 e. The molecular weight excluding hydrogens is 260 g/mol. The molecule has 0 fully saturated rings. The maximum absolute atomic E-state index is 13.5. The van der Waals surface area contributed by atoms with Crippen LogP contribution in [0.2, 0.25) is 0 Å². The average Bonchev–Trinajstić information content (AvgIpc) is 2.44. The van der Waals surface area contributed by atoms with Gasteiger partial charge in [-0.15, -0.1) is 0 Å². The van der Waals surface area contributed by atoms with Gasteiger partial charge in [0.2, 0.25) is 0 Å². The molecule has 0 aromatic heterocycles. The third-order valence-corrected chi connectivity index (χ3v) is 3.14. The highest BCUT2D eigenvalue weighted by molar-refractivity contribution is 5.27. The Morgan fingerprint density at radius 3 is 2.20 bits per heavy atom. The van der Waals surface area contributed by atoms with Crippen molar-refractivity contribution in [1.82, 2.24) is 5.32 Å². The third kappa shape index (κ3) is 3.33. The van der Waals surface area contributed by atoms with Crippen molar-refractivity contribution in [2.75, 3.05) is 13.7 Å². The first-order chi connectivity index (χ1) is 9.61. The van der Waals surface area contributed by atoms with E-state index in [0.29, 0.717) is 0 Å². The SMILES string of the molecule is CNC(COc1c(F)cccc1F)c1ccc(C)cc1. The van der Waals surface area contributed by atoms with Crippen molar-refractivity contribution in [3.63, 3.8) is 0 Å². The van der Waals surface area contributed by atoms with Crippen LogP contribution < -0.4 is 10.1 Å². The number of halogens is 2. The van der Waals surface area contributed by atoms with Gasteiger partial charge in [0.1, 0.15) is 6.61 Å². The molecule has 0 saturated heterocycles. The topological polar surface area (TPSA) is 21.3 Å². The molecule has 1 atom stereocenters. The lowest BCUT2D eigenvalue weighted by Crippen LogP contribution is -2.23. The van der Waals surface area contributed by atoms with Gasteiger partial charge in [0.25, 0.3) is 0 Å². The second-order valence-corrected chi connectivity index (χ2v) is 4.61. The molecule has 0 amide bonds. The number of hydrogen-bond donors (Lipinski definition) is 1. The van der Waals surface area contributed by atoms with E-state index in [9.17, 15) is 8.78 Å². The van der Waals surface area contributed by atoms with Gasteiger partial charge >= 0.3 is 0 Å². The van der Waals surface area contributed by atoms with Crippen LogP contribution in [0.5, 0.6) is 5.75 Å². The normalized spacial score (nSPS) is 12.2. The molecule has 2 rings (SSSR count). The summed E-state index contributed by atoms with van der Waals surface area (Å²) in [5.41, 5.74) is 2.17. The zero-order chi connectivity index (χ0) is 14.5. The molecule has 0 radical (unpaired) electrons. The maximum atomic E-state index is 13.5. The largest absolute Gasteiger partial charge is 0.486 e. The molecule has 1 N–H and O–H groups in total. The van der Waals surface area contributed by atoms with Crippen LogP contribution in [0, 0.1) is 18.6 Å². The summed E-state index contributed by atoms with van der Waals surface area (Å²) in [6.45, 7) is 2.15. The highest BCUT2D eigenvalue weighted by Crippen LogP contribution is 2.23. The number of rotatable bonds is 5. The summed E-state index contributed by atoms with van der Waals surface area (Å²) in [5.74, 6) is -1.72. The fourth-order valence-electron chi connectivity index (χ4n) is 1.93. The first-order valence-corrected chi connectivity index (χ1v) is 6.42. The minimum absolute atomic E-state index is 0.130. The Morgan fingerprint density at radius 1 is 1.05 bits per heavy atom. The number of aryl methyl sites for hydroxylation is 1. The van der Waals surface area contributed by atoms with Crippen molar-refractivity contribution in [1.29, 1.82) is 0 Å². The fraction of sp³-hybridized carbons (Fsp3) is 0.250. The Morgan fingerprint density at radius 2 is 1.65 bits per heavy atom. The van der Waals surface area contributed by atoms with E-state index in [1.165, 1.54) is 18.2 Å². The smallest absolute Gasteiger partial charge is 0.190 e. The molecule has 0 bridgehead atoms. The van der Waals surface area contributed by atoms with Crippen LogP contribution >= 0.6 is 0 Å². The zero-order valence-electron chi connectivity index (χ0n) is 11.5. The minimum atomic E-state index is -0.691. The van der Waals surface area contributed by atoms with E-state index in [1.807, 2.05) is 31.2 Å². The van der Waals surface area contributed by atoms with Crippen molar-refractivity contribution in [3.8, 4) is 5.75 Å². The molecule has 0 saturated carbocycles. The van der Waals surface area contributed by atoms with Gasteiger partial charge < -0.3 is 10.1 Å². The van der Waals surface area contributed by atoms with Gasteiger partial charge in [-0.3, -0.25) is 0 Å². The lowest BCUT2D eigenvalue weighted by Gasteiger charge is -2.18. The lowest BCUT2D eigenvalue weighted by molar-refractivity contribution is 0.249. The summed E-state index contributed by atoms with van der Waals surface area (Å²) < 4.78 is 32.2. The Balaban J connectivity index is 2.09. The number of likely N-dealkylation sites (N-methyl/N-ethyl adjacent to an activating group) is 1. The monoisotopic (exact) mass is 277 g/mol. The van der Waals surface area contributed by atoms with E-state index in [0.717, 1.165) is 11.1 Å². The summed E-state index contributed by atoms with van der Waals surface area (Å²) in [5, 5.41) is 3.08. The van der Waals surface area contributed by atoms with Crippen molar-refractivity contribution in [2.45, 2.75) is 13.0 Å². The third-order valence-electron chi connectivity index (χ3n) is 3.14. The Bertz CT molecular complexity index is 549. The van der Waals surface area contributed by atoms with Crippen LogP contribution in [-0.2, 0) is 0 Å². The molecule has 1 unspecified atom stereocenters. The summed E-state index contributed by atoms with van der Waals surface area (Å²) >= 11 is 0. The van der Waals surface area contributed by atoms with Crippen LogP contribution in [0.4, 0.5) is 8.78 Å². The molecule has 2 aromatic carbocycles. The van der Waals surface area contributed by atoms with Crippen LogP contribution in [0.15, 0.2) is 42.5 Å². The van der Waals surface area contributed by atoms with E-state index in [2.05, 4.69) is 5.32 Å². The van der Waals surface area contributed by atoms with Crippen LogP contribution in [-0.4, -0.2) is 13.7 Å². The number of ether oxygens (including phenoxy) is 1. The fourth-order valence-corrected chi connectivity index (χ4v) is 1.93. The van der Waals surface area contributed by atoms with Gasteiger partial charge in [0, 0.05) is 0 Å². The average molecular weight is 277 g/mol. The van der Waals surface area contributed by atoms with Gasteiger partial charge in [-0.25, -0.2) is 8.78 Å². The van der Waals surface area contributed by atoms with Gasteiger partial charge in [-0.2, -0.15) is 0 Å². The second-order valence-electron chi connectivity index (χ2n) is 4.61. The van der Waals surface area contributed by atoms with Crippen LogP contribution in [0.1, 0.15) is 17.2 Å². The van der Waals surface area contributed by atoms with Crippen molar-refractivity contribution >= 4 is 0 Å². The van der Waals surface area contributed by atoms with Gasteiger partial charge in [-0.1, -0.05) is 35.9 Å². The van der Waals surface area contributed by atoms with E-state index in [4.69, 9.17) is 4.74 Å². The highest BCUT2D eigenvalue weighted by atomic mass is 19.1. The molecule has 106 valence electrons. The quantitative estimate of drug-likeness (QED) is 0.901. The van der Waals surface area contributed by atoms with E-state index in [-0.39, 0.29) is 18.4 Å². The van der Waals surface area contributed by atoms with E-state index >= 15 is 0 Å². The number of para-hydroxylation sites is 1. The Kier molecular flexibility index (Phi) is 4.69. The number of nitrogens with one attached hydrogen (secondary N) is 1. The lowest BCUT2D eigenvalue weighted by atomic mass is 10.1. The summed E-state index contributed by atoms with van der Waals surface area (Å²) in [7, 11) is 1.78. The molecule has 0 aliphatic heterocycles. The van der Waals surface area contributed by atoms with Crippen LogP contribution in [0.3, 0.4) is 0 Å². The Hall–Kier alpha value is -1.94. The number of benzene rings is 2. The maximum Gasteiger partial charge on any atom is 0.190 e. The first kappa shape index (κ1) is 14.5. The van der Waals surface area contributed by atoms with Crippen LogP contribution in [0.25, 0.3) is 0 Å². The molecule has 2 aromatic rings. The molecule has 0 heterocycles. The van der Waals surface area contributed by atoms with Crippen molar-refractivity contribution in [3.05, 3.63) is 65.2 Å². The zero-order valence-corrected chi connectivity index (χ0v) is 11.5. The second kappa shape index (κ2) is 6.48. The molecular formula is C16H17F2NO. The molecule has 0 aliphatic rings. The summed E-state index contributed by atoms with van der Waals surface area (Å²) in [6, 6.07) is 11.5. The predicted octanol–water partition coefficient (Wildman–Crippen LogP) is 3.61. The van der Waals surface area contributed by atoms with E-state index < -0.39 is 11.6 Å². The van der Waals surface area contributed by atoms with Crippen molar-refractivity contribution in [2.24, 2.45) is 0 Å². The highest BCUT2D eigenvalue weighted by Gasteiger charge is 2.14. The van der Waals surface area contributed by atoms with Crippen molar-refractivity contribution < 1.29 is 13.5 Å². The molecule has 2 nitrogen and oxygen atoms in total. The predicted molar refractivity (Wildman–Crippen MR) is 74.8 cm³/mol.